The fourth-order valence-electron chi connectivity index (χ4n) is 4.31. The summed E-state index contributed by atoms with van der Waals surface area (Å²) in [5.74, 6) is 0.275. The second-order valence-corrected chi connectivity index (χ2v) is 7.89. The van der Waals surface area contributed by atoms with Crippen molar-refractivity contribution in [2.24, 2.45) is 5.92 Å². The highest BCUT2D eigenvalue weighted by atomic mass is 16.3. The minimum absolute atomic E-state index is 0.0206. The number of hydrogen-bond donors (Lipinski definition) is 2. The van der Waals surface area contributed by atoms with Crippen LogP contribution in [0.15, 0.2) is 30.5 Å². The first-order valence-corrected chi connectivity index (χ1v) is 9.69. The summed E-state index contributed by atoms with van der Waals surface area (Å²) in [6.07, 6.45) is 6.10. The Bertz CT molecular complexity index is 812. The van der Waals surface area contributed by atoms with Gasteiger partial charge in [-0.15, -0.1) is 5.10 Å². The van der Waals surface area contributed by atoms with Crippen LogP contribution in [-0.4, -0.2) is 56.6 Å². The molecule has 1 saturated carbocycles. The third kappa shape index (κ3) is 3.15. The monoisotopic (exact) mass is 369 g/mol. The van der Waals surface area contributed by atoms with E-state index in [1.807, 2.05) is 49.3 Å². The molecule has 2 aromatic rings. The van der Waals surface area contributed by atoms with Gasteiger partial charge >= 0.3 is 0 Å². The van der Waals surface area contributed by atoms with Gasteiger partial charge < -0.3 is 15.3 Å². The van der Waals surface area contributed by atoms with Gasteiger partial charge in [0.05, 0.1) is 17.6 Å². The highest BCUT2D eigenvalue weighted by Gasteiger charge is 2.51. The Kier molecular flexibility index (Phi) is 4.74. The minimum Gasteiger partial charge on any atom is -0.396 e. The van der Waals surface area contributed by atoms with E-state index in [0.717, 1.165) is 30.6 Å². The van der Waals surface area contributed by atoms with Gasteiger partial charge in [-0.05, 0) is 63.9 Å². The summed E-state index contributed by atoms with van der Waals surface area (Å²) in [6, 6.07) is 7.66. The van der Waals surface area contributed by atoms with Gasteiger partial charge in [-0.3, -0.25) is 4.79 Å². The predicted octanol–water partition coefficient (Wildman–Crippen LogP) is 1.92. The SMILES string of the molecule is CNC(C)c1cn(-c2ccc(C(=O)N3CC(CO)CC34CCC4)cc2)nn1. The molecule has 2 heterocycles. The molecule has 2 unspecified atom stereocenters. The number of aromatic nitrogens is 3. The molecule has 2 fully saturated rings. The van der Waals surface area contributed by atoms with Crippen LogP contribution >= 0.6 is 0 Å². The Morgan fingerprint density at radius 1 is 1.37 bits per heavy atom. The zero-order valence-electron chi connectivity index (χ0n) is 15.9. The van der Waals surface area contributed by atoms with Crippen LogP contribution in [0.25, 0.3) is 5.69 Å². The molecule has 7 nitrogen and oxygen atoms in total. The van der Waals surface area contributed by atoms with E-state index < -0.39 is 0 Å². The smallest absolute Gasteiger partial charge is 0.254 e. The molecule has 1 aromatic carbocycles. The van der Waals surface area contributed by atoms with Gasteiger partial charge in [0, 0.05) is 36.2 Å². The quantitative estimate of drug-likeness (QED) is 0.841. The number of amides is 1. The standard InChI is InChI=1S/C20H27N5O2/c1-14(21-2)18-12-25(23-22-18)17-6-4-16(5-7-17)19(27)24-11-15(13-26)10-20(24)8-3-9-20/h4-7,12,14-15,21,26H,3,8-11,13H2,1-2H3. The number of hydrogen-bond acceptors (Lipinski definition) is 5. The molecule has 27 heavy (non-hydrogen) atoms. The Morgan fingerprint density at radius 3 is 2.70 bits per heavy atom. The molecule has 1 aliphatic carbocycles. The molecule has 2 aliphatic rings. The van der Waals surface area contributed by atoms with Crippen molar-refractivity contribution in [1.82, 2.24) is 25.2 Å². The van der Waals surface area contributed by atoms with Crippen LogP contribution in [0.5, 0.6) is 0 Å². The lowest BCUT2D eigenvalue weighted by Gasteiger charge is -2.45. The maximum absolute atomic E-state index is 13.1. The number of benzene rings is 1. The van der Waals surface area contributed by atoms with Gasteiger partial charge in [-0.25, -0.2) is 4.68 Å². The Hall–Kier alpha value is -2.25. The maximum Gasteiger partial charge on any atom is 0.254 e. The van der Waals surface area contributed by atoms with Crippen molar-refractivity contribution in [1.29, 1.82) is 0 Å². The van der Waals surface area contributed by atoms with E-state index >= 15 is 0 Å². The summed E-state index contributed by atoms with van der Waals surface area (Å²) >= 11 is 0. The lowest BCUT2D eigenvalue weighted by molar-refractivity contribution is 0.0367. The first-order chi connectivity index (χ1) is 13.1. The highest BCUT2D eigenvalue weighted by Crippen LogP contribution is 2.47. The van der Waals surface area contributed by atoms with Crippen LogP contribution in [0.1, 0.15) is 54.7 Å². The number of carbonyl (C=O) groups is 1. The van der Waals surface area contributed by atoms with Gasteiger partial charge in [-0.1, -0.05) is 5.21 Å². The molecule has 1 saturated heterocycles. The number of likely N-dealkylation sites (tertiary alicyclic amines) is 1. The largest absolute Gasteiger partial charge is 0.396 e. The van der Waals surface area contributed by atoms with Crippen LogP contribution in [0, 0.1) is 5.92 Å². The molecule has 4 rings (SSSR count). The summed E-state index contributed by atoms with van der Waals surface area (Å²) < 4.78 is 1.72. The molecule has 7 heteroatoms. The third-order valence-electron chi connectivity index (χ3n) is 6.24. The minimum atomic E-state index is -0.0206. The van der Waals surface area contributed by atoms with E-state index in [0.29, 0.717) is 12.1 Å². The molecule has 1 amide bonds. The van der Waals surface area contributed by atoms with Crippen molar-refractivity contribution in [3.8, 4) is 5.69 Å². The molecular formula is C20H27N5O2. The second kappa shape index (κ2) is 7.05. The first-order valence-electron chi connectivity index (χ1n) is 9.69. The van der Waals surface area contributed by atoms with E-state index in [1.54, 1.807) is 4.68 Å². The average molecular weight is 369 g/mol. The first kappa shape index (κ1) is 18.1. The van der Waals surface area contributed by atoms with Crippen molar-refractivity contribution in [3.63, 3.8) is 0 Å². The van der Waals surface area contributed by atoms with Crippen LogP contribution < -0.4 is 5.32 Å². The average Bonchev–Trinajstić information content (AvgIpc) is 3.32. The highest BCUT2D eigenvalue weighted by molar-refractivity contribution is 5.95. The molecule has 0 bridgehead atoms. The van der Waals surface area contributed by atoms with E-state index in [2.05, 4.69) is 15.6 Å². The number of aliphatic hydroxyl groups excluding tert-OH is 1. The van der Waals surface area contributed by atoms with Crippen molar-refractivity contribution in [2.75, 3.05) is 20.2 Å². The summed E-state index contributed by atoms with van der Waals surface area (Å²) in [5.41, 5.74) is 2.42. The van der Waals surface area contributed by atoms with Crippen LogP contribution in [0.2, 0.25) is 0 Å². The van der Waals surface area contributed by atoms with E-state index in [1.165, 1.54) is 6.42 Å². The summed E-state index contributed by atoms with van der Waals surface area (Å²) in [7, 11) is 1.89. The zero-order valence-corrected chi connectivity index (χ0v) is 15.9. The molecule has 2 N–H and O–H groups in total. The molecular weight excluding hydrogens is 342 g/mol. The summed E-state index contributed by atoms with van der Waals surface area (Å²) in [5, 5.41) is 21.1. The fraction of sp³-hybridized carbons (Fsp3) is 0.550. The van der Waals surface area contributed by atoms with Crippen molar-refractivity contribution >= 4 is 5.91 Å². The maximum atomic E-state index is 13.1. The molecule has 2 atom stereocenters. The van der Waals surface area contributed by atoms with Gasteiger partial charge in [0.1, 0.15) is 0 Å². The number of nitrogens with one attached hydrogen (secondary N) is 1. The van der Waals surface area contributed by atoms with Gasteiger partial charge in [0.15, 0.2) is 0 Å². The van der Waals surface area contributed by atoms with Crippen molar-refractivity contribution < 1.29 is 9.90 Å². The predicted molar refractivity (Wildman–Crippen MR) is 102 cm³/mol. The Balaban J connectivity index is 1.52. The lowest BCUT2D eigenvalue weighted by Crippen LogP contribution is -2.51. The third-order valence-corrected chi connectivity index (χ3v) is 6.24. The lowest BCUT2D eigenvalue weighted by atomic mass is 9.73. The molecule has 1 aromatic heterocycles. The van der Waals surface area contributed by atoms with Crippen LogP contribution in [-0.2, 0) is 0 Å². The normalized spacial score (nSPS) is 22.0. The van der Waals surface area contributed by atoms with Crippen LogP contribution in [0.4, 0.5) is 0 Å². The Labute approximate surface area is 159 Å². The fourth-order valence-corrected chi connectivity index (χ4v) is 4.31. The molecule has 1 spiro atoms. The second-order valence-electron chi connectivity index (χ2n) is 7.89. The number of nitrogens with zero attached hydrogens (tertiary/aromatic N) is 4. The van der Waals surface area contributed by atoms with E-state index in [4.69, 9.17) is 0 Å². The van der Waals surface area contributed by atoms with E-state index in [-0.39, 0.29) is 30.0 Å². The zero-order chi connectivity index (χ0) is 19.0. The number of rotatable bonds is 5. The number of carbonyl (C=O) groups excluding carboxylic acids is 1. The molecule has 1 aliphatic heterocycles. The van der Waals surface area contributed by atoms with Crippen molar-refractivity contribution in [3.05, 3.63) is 41.7 Å². The summed E-state index contributed by atoms with van der Waals surface area (Å²) in [4.78, 5) is 15.1. The molecule has 0 radical (unpaired) electrons. The van der Waals surface area contributed by atoms with E-state index in [9.17, 15) is 9.90 Å². The van der Waals surface area contributed by atoms with Gasteiger partial charge in [0.2, 0.25) is 0 Å². The van der Waals surface area contributed by atoms with Gasteiger partial charge in [0.25, 0.3) is 5.91 Å². The number of aliphatic hydroxyl groups is 1. The topological polar surface area (TPSA) is 83.3 Å². The van der Waals surface area contributed by atoms with Gasteiger partial charge in [-0.2, -0.15) is 0 Å². The molecule has 144 valence electrons. The Morgan fingerprint density at radius 2 is 2.11 bits per heavy atom. The summed E-state index contributed by atoms with van der Waals surface area (Å²) in [6.45, 7) is 2.84. The van der Waals surface area contributed by atoms with Crippen molar-refractivity contribution in [2.45, 2.75) is 44.2 Å². The van der Waals surface area contributed by atoms with Crippen LogP contribution in [0.3, 0.4) is 0 Å².